The maximum atomic E-state index is 12.5. The third-order valence-corrected chi connectivity index (χ3v) is 4.16. The van der Waals surface area contributed by atoms with Crippen molar-refractivity contribution in [2.75, 3.05) is 5.32 Å². The lowest BCUT2D eigenvalue weighted by Gasteiger charge is -2.15. The molecule has 0 bridgehead atoms. The maximum Gasteiger partial charge on any atom is 0.344 e. The molecule has 3 aromatic rings. The summed E-state index contributed by atoms with van der Waals surface area (Å²) in [5.74, 6) is -0.691. The van der Waals surface area contributed by atoms with E-state index in [-0.39, 0.29) is 5.56 Å². The number of ether oxygens (including phenoxy) is 1. The summed E-state index contributed by atoms with van der Waals surface area (Å²) in [5.41, 5.74) is 3.19. The van der Waals surface area contributed by atoms with Crippen molar-refractivity contribution >= 4 is 17.6 Å². The molecule has 1 aromatic heterocycles. The van der Waals surface area contributed by atoms with E-state index in [2.05, 4.69) is 10.5 Å². The van der Waals surface area contributed by atoms with Crippen LogP contribution in [0.1, 0.15) is 28.7 Å². The molecule has 0 radical (unpaired) electrons. The Morgan fingerprint density at radius 1 is 1.04 bits per heavy atom. The van der Waals surface area contributed by atoms with Gasteiger partial charge in [0, 0.05) is 11.3 Å². The van der Waals surface area contributed by atoms with Gasteiger partial charge in [-0.3, -0.25) is 4.79 Å². The van der Waals surface area contributed by atoms with E-state index in [0.717, 1.165) is 11.1 Å². The quantitative estimate of drug-likeness (QED) is 0.688. The number of aryl methyl sites for hydroxylation is 2. The van der Waals surface area contributed by atoms with Crippen molar-refractivity contribution < 1.29 is 18.8 Å². The fourth-order valence-corrected chi connectivity index (χ4v) is 2.74. The number of nitrogens with zero attached hydrogens (tertiary/aromatic N) is 1. The number of aromatic nitrogens is 1. The number of hydrogen-bond donors (Lipinski definition) is 1. The van der Waals surface area contributed by atoms with Gasteiger partial charge in [-0.05, 0) is 32.4 Å². The minimum atomic E-state index is -0.977. The predicted octanol–water partition coefficient (Wildman–Crippen LogP) is 4.14. The molecule has 1 heterocycles. The van der Waals surface area contributed by atoms with Crippen molar-refractivity contribution in [1.29, 1.82) is 0 Å². The van der Waals surface area contributed by atoms with Crippen LogP contribution in [0.4, 0.5) is 5.69 Å². The van der Waals surface area contributed by atoms with E-state index in [4.69, 9.17) is 9.26 Å². The summed E-state index contributed by atoms with van der Waals surface area (Å²) in [6.45, 7) is 4.79. The molecule has 0 spiro atoms. The van der Waals surface area contributed by atoms with Gasteiger partial charge in [0.1, 0.15) is 11.3 Å². The van der Waals surface area contributed by atoms with Gasteiger partial charge in [-0.25, -0.2) is 4.79 Å². The van der Waals surface area contributed by atoms with Crippen molar-refractivity contribution in [3.63, 3.8) is 0 Å². The number of hydrogen-bond acceptors (Lipinski definition) is 5. The second-order valence-corrected chi connectivity index (χ2v) is 6.15. The lowest BCUT2D eigenvalue weighted by molar-refractivity contribution is -0.123. The second-order valence-electron chi connectivity index (χ2n) is 6.15. The fourth-order valence-electron chi connectivity index (χ4n) is 2.74. The topological polar surface area (TPSA) is 81.4 Å². The van der Waals surface area contributed by atoms with Gasteiger partial charge in [0.2, 0.25) is 0 Å². The lowest BCUT2D eigenvalue weighted by atomic mass is 10.0. The Morgan fingerprint density at radius 3 is 2.37 bits per heavy atom. The number of carbonyl (C=O) groups is 2. The van der Waals surface area contributed by atoms with Gasteiger partial charge in [0.25, 0.3) is 5.91 Å². The SMILES string of the molecule is Cc1noc(C)c1C(=O)O[C@@H](C)C(=O)Nc1ccccc1-c1ccccc1. The average molecular weight is 364 g/mol. The van der Waals surface area contributed by atoms with Gasteiger partial charge >= 0.3 is 5.97 Å². The van der Waals surface area contributed by atoms with Crippen LogP contribution in [0, 0.1) is 13.8 Å². The highest BCUT2D eigenvalue weighted by Gasteiger charge is 2.24. The highest BCUT2D eigenvalue weighted by atomic mass is 16.5. The zero-order valence-electron chi connectivity index (χ0n) is 15.4. The van der Waals surface area contributed by atoms with Crippen LogP contribution < -0.4 is 5.32 Å². The molecule has 0 aliphatic rings. The van der Waals surface area contributed by atoms with E-state index in [0.29, 0.717) is 17.1 Å². The molecular weight excluding hydrogens is 344 g/mol. The predicted molar refractivity (Wildman–Crippen MR) is 101 cm³/mol. The molecular formula is C21H20N2O4. The highest BCUT2D eigenvalue weighted by Crippen LogP contribution is 2.27. The summed E-state index contributed by atoms with van der Waals surface area (Å²) in [4.78, 5) is 24.8. The third-order valence-electron chi connectivity index (χ3n) is 4.16. The molecule has 6 heteroatoms. The second kappa shape index (κ2) is 7.86. The monoisotopic (exact) mass is 364 g/mol. The Kier molecular flexibility index (Phi) is 5.35. The molecule has 2 aromatic carbocycles. The summed E-state index contributed by atoms with van der Waals surface area (Å²) < 4.78 is 10.3. The molecule has 27 heavy (non-hydrogen) atoms. The molecule has 0 unspecified atom stereocenters. The van der Waals surface area contributed by atoms with E-state index >= 15 is 0 Å². The van der Waals surface area contributed by atoms with Gasteiger partial charge in [-0.2, -0.15) is 0 Å². The molecule has 6 nitrogen and oxygen atoms in total. The number of esters is 1. The number of amides is 1. The standard InChI is InChI=1S/C21H20N2O4/c1-13-19(14(2)27-23-13)21(25)26-15(3)20(24)22-18-12-8-7-11-17(18)16-9-5-4-6-10-16/h4-12,15H,1-3H3,(H,22,24)/t15-/m0/s1. The number of benzene rings is 2. The van der Waals surface area contributed by atoms with Gasteiger partial charge in [-0.1, -0.05) is 53.7 Å². The van der Waals surface area contributed by atoms with E-state index in [1.807, 2.05) is 54.6 Å². The molecule has 3 rings (SSSR count). The number of para-hydroxylation sites is 1. The van der Waals surface area contributed by atoms with Crippen LogP contribution in [0.25, 0.3) is 11.1 Å². The number of carbonyl (C=O) groups excluding carboxylic acids is 2. The molecule has 0 saturated carbocycles. The summed E-state index contributed by atoms with van der Waals surface area (Å²) in [7, 11) is 0. The molecule has 0 fully saturated rings. The number of nitrogens with one attached hydrogen (secondary N) is 1. The largest absolute Gasteiger partial charge is 0.449 e. The Morgan fingerprint density at radius 2 is 1.70 bits per heavy atom. The number of anilines is 1. The zero-order chi connectivity index (χ0) is 19.4. The van der Waals surface area contributed by atoms with Gasteiger partial charge in [-0.15, -0.1) is 0 Å². The Hall–Kier alpha value is -3.41. The van der Waals surface area contributed by atoms with Crippen molar-refractivity contribution in [2.45, 2.75) is 26.9 Å². The summed E-state index contributed by atoms with van der Waals surface area (Å²) >= 11 is 0. The fraction of sp³-hybridized carbons (Fsp3) is 0.190. The Labute approximate surface area is 157 Å². The van der Waals surface area contributed by atoms with E-state index < -0.39 is 18.0 Å². The van der Waals surface area contributed by atoms with E-state index in [1.54, 1.807) is 13.8 Å². The van der Waals surface area contributed by atoms with Gasteiger partial charge in [0.15, 0.2) is 6.10 Å². The van der Waals surface area contributed by atoms with Crippen LogP contribution in [-0.2, 0) is 9.53 Å². The Balaban J connectivity index is 1.73. The van der Waals surface area contributed by atoms with Crippen LogP contribution in [0.5, 0.6) is 0 Å². The van der Waals surface area contributed by atoms with Crippen LogP contribution in [-0.4, -0.2) is 23.1 Å². The van der Waals surface area contributed by atoms with Crippen LogP contribution >= 0.6 is 0 Å². The first-order valence-electron chi connectivity index (χ1n) is 8.56. The summed E-state index contributed by atoms with van der Waals surface area (Å²) in [6, 6.07) is 17.2. The first-order valence-corrected chi connectivity index (χ1v) is 8.56. The lowest BCUT2D eigenvalue weighted by Crippen LogP contribution is -2.30. The Bertz CT molecular complexity index is 944. The molecule has 0 saturated heterocycles. The van der Waals surface area contributed by atoms with Crippen molar-refractivity contribution in [3.8, 4) is 11.1 Å². The minimum Gasteiger partial charge on any atom is -0.449 e. The van der Waals surface area contributed by atoms with Gasteiger partial charge < -0.3 is 14.6 Å². The molecule has 138 valence electrons. The molecule has 1 N–H and O–H groups in total. The summed E-state index contributed by atoms with van der Waals surface area (Å²) in [5, 5.41) is 6.56. The van der Waals surface area contributed by atoms with Crippen LogP contribution in [0.2, 0.25) is 0 Å². The highest BCUT2D eigenvalue weighted by molar-refractivity contribution is 6.00. The van der Waals surface area contributed by atoms with Crippen LogP contribution in [0.15, 0.2) is 59.1 Å². The first-order chi connectivity index (χ1) is 13.0. The van der Waals surface area contributed by atoms with Gasteiger partial charge in [0.05, 0.1) is 5.69 Å². The van der Waals surface area contributed by atoms with E-state index in [1.165, 1.54) is 6.92 Å². The maximum absolute atomic E-state index is 12.5. The molecule has 1 atom stereocenters. The van der Waals surface area contributed by atoms with Crippen molar-refractivity contribution in [3.05, 3.63) is 71.6 Å². The van der Waals surface area contributed by atoms with E-state index in [9.17, 15) is 9.59 Å². The minimum absolute atomic E-state index is 0.249. The van der Waals surface area contributed by atoms with Crippen molar-refractivity contribution in [1.82, 2.24) is 5.16 Å². The number of rotatable bonds is 5. The van der Waals surface area contributed by atoms with Crippen molar-refractivity contribution in [2.24, 2.45) is 0 Å². The first kappa shape index (κ1) is 18.4. The average Bonchev–Trinajstić information content (AvgIpc) is 3.01. The van der Waals surface area contributed by atoms with Crippen LogP contribution in [0.3, 0.4) is 0 Å². The summed E-state index contributed by atoms with van der Waals surface area (Å²) in [6.07, 6.45) is -0.977. The normalized spacial score (nSPS) is 11.7. The zero-order valence-corrected chi connectivity index (χ0v) is 15.4. The molecule has 0 aliphatic carbocycles. The third kappa shape index (κ3) is 4.06. The smallest absolute Gasteiger partial charge is 0.344 e. The molecule has 0 aliphatic heterocycles. The molecule has 1 amide bonds.